The first-order valence-corrected chi connectivity index (χ1v) is 15.6. The van der Waals surface area contributed by atoms with E-state index in [9.17, 15) is 38.7 Å². The highest BCUT2D eigenvalue weighted by Crippen LogP contribution is 2.49. The van der Waals surface area contributed by atoms with Gasteiger partial charge >= 0.3 is 13.7 Å². The Morgan fingerprint density at radius 3 is 2.55 bits per heavy atom. The van der Waals surface area contributed by atoms with E-state index in [1.807, 2.05) is 0 Å². The summed E-state index contributed by atoms with van der Waals surface area (Å²) in [5.41, 5.74) is -5.44. The van der Waals surface area contributed by atoms with Crippen molar-refractivity contribution < 1.29 is 57.2 Å². The number of aliphatic hydroxyl groups excluding tert-OH is 2. The van der Waals surface area contributed by atoms with Crippen molar-refractivity contribution >= 4 is 36.5 Å². The van der Waals surface area contributed by atoms with Crippen LogP contribution < -0.4 is 10.4 Å². The molecule has 0 radical (unpaired) electrons. The number of alkyl halides is 1. The van der Waals surface area contributed by atoms with Crippen molar-refractivity contribution in [2.75, 3.05) is 32.2 Å². The van der Waals surface area contributed by atoms with Crippen LogP contribution >= 0.6 is 19.5 Å². The number of aliphatic hydroxyl groups is 3. The molecule has 5 N–H and O–H groups in total. The zero-order chi connectivity index (χ0) is 32.1. The van der Waals surface area contributed by atoms with Gasteiger partial charge in [-0.25, -0.2) is 14.0 Å². The maximum atomic E-state index is 14.6. The largest absolute Gasteiger partial charge is 0.462 e. The minimum absolute atomic E-state index is 0.0125. The van der Waals surface area contributed by atoms with Gasteiger partial charge in [0.2, 0.25) is 0 Å². The Labute approximate surface area is 248 Å². The third kappa shape index (κ3) is 8.61. The molecule has 2 rings (SSSR count). The van der Waals surface area contributed by atoms with Crippen LogP contribution in [-0.2, 0) is 37.5 Å². The zero-order valence-electron chi connectivity index (χ0n) is 24.5. The number of esters is 1. The van der Waals surface area contributed by atoms with E-state index in [1.54, 1.807) is 27.7 Å². The number of hydrogen-bond acceptors (Lipinski definition) is 13. The van der Waals surface area contributed by atoms with Gasteiger partial charge in [-0.2, -0.15) is 0 Å². The summed E-state index contributed by atoms with van der Waals surface area (Å²) in [5.74, 6) is -1.31. The van der Waals surface area contributed by atoms with Gasteiger partial charge in [0.1, 0.15) is 30.2 Å². The highest BCUT2D eigenvalue weighted by Gasteiger charge is 2.63. The molecule has 2 heterocycles. The normalized spacial score (nSPS) is 28.5. The van der Waals surface area contributed by atoms with Crippen LogP contribution in [0.4, 0.5) is 4.39 Å². The topological polar surface area (TPSA) is 193 Å². The van der Waals surface area contributed by atoms with Gasteiger partial charge in [0, 0.05) is 18.0 Å². The van der Waals surface area contributed by atoms with E-state index in [0.717, 1.165) is 17.8 Å². The maximum Gasteiger partial charge on any atom is 0.406 e. The van der Waals surface area contributed by atoms with Crippen LogP contribution in [0.2, 0.25) is 0 Å². The van der Waals surface area contributed by atoms with E-state index in [4.69, 9.17) is 18.5 Å². The van der Waals surface area contributed by atoms with Crippen molar-refractivity contribution in [3.63, 3.8) is 0 Å². The number of ether oxygens (including phenoxy) is 2. The van der Waals surface area contributed by atoms with Crippen LogP contribution in [0, 0.1) is 5.41 Å². The first-order valence-electron chi connectivity index (χ1n) is 13.1. The van der Waals surface area contributed by atoms with E-state index in [0.29, 0.717) is 0 Å². The van der Waals surface area contributed by atoms with Crippen molar-refractivity contribution in [1.29, 1.82) is 0 Å². The molecule has 2 aliphatic heterocycles. The van der Waals surface area contributed by atoms with Gasteiger partial charge in [0.15, 0.2) is 16.9 Å². The molecule has 6 atom stereocenters. The summed E-state index contributed by atoms with van der Waals surface area (Å²) in [5, 5.41) is 36.0. The lowest BCUT2D eigenvalue weighted by Gasteiger charge is -2.37. The number of amides is 1. The number of carbonyl (C=O) groups excluding carboxylic acids is 3. The van der Waals surface area contributed by atoms with E-state index in [-0.39, 0.29) is 29.9 Å². The molecule has 0 aliphatic carbocycles. The molecule has 0 saturated carbocycles. The van der Waals surface area contributed by atoms with Crippen molar-refractivity contribution in [3.05, 3.63) is 24.7 Å². The standard InChI is InChI=1S/C25H41FN3O11PS/c1-15(2)39-19(32)16(3)28-41(36,37-10-11-42-22(34)23(5,6)13-30)38-14-25(12-26)20(33)24(7,35)21(40-25)29-9-8-18(31)27-17(29)4/h8-9,15-16,20-21,30,33,35H,4,10-14H2,1-3,5-7H3,(H,27,31)(H,28,36)/t16?,20-,21+,24+,25+,41?/m0/s1. The summed E-state index contributed by atoms with van der Waals surface area (Å²) < 4.78 is 50.2. The number of carbonyl (C=O) groups is 3. The number of thioether (sulfide) groups is 1. The third-order valence-corrected chi connectivity index (χ3v) is 9.28. The third-order valence-electron chi connectivity index (χ3n) is 6.40. The van der Waals surface area contributed by atoms with E-state index in [2.05, 4.69) is 17.0 Å². The Hall–Kier alpha value is -1.88. The first-order chi connectivity index (χ1) is 19.3. The maximum absolute atomic E-state index is 14.6. The Morgan fingerprint density at radius 2 is 2.00 bits per heavy atom. The molecule has 1 saturated heterocycles. The minimum Gasteiger partial charge on any atom is -0.462 e. The van der Waals surface area contributed by atoms with Gasteiger partial charge in [0.05, 0.1) is 31.3 Å². The Bertz CT molecular complexity index is 1110. The van der Waals surface area contributed by atoms with Crippen molar-refractivity contribution in [1.82, 2.24) is 15.3 Å². The molecule has 1 amide bonds. The van der Waals surface area contributed by atoms with Gasteiger partial charge in [-0.15, -0.1) is 0 Å². The highest BCUT2D eigenvalue weighted by atomic mass is 32.2. The molecule has 240 valence electrons. The molecule has 1 fully saturated rings. The molecular formula is C25H41FN3O11PS. The lowest BCUT2D eigenvalue weighted by molar-refractivity contribution is -0.149. The Balaban J connectivity index is 2.25. The summed E-state index contributed by atoms with van der Waals surface area (Å²) in [4.78, 5) is 37.5. The minimum atomic E-state index is -4.50. The molecule has 0 aromatic carbocycles. The first kappa shape index (κ1) is 36.3. The summed E-state index contributed by atoms with van der Waals surface area (Å²) in [7, 11) is -4.50. The van der Waals surface area contributed by atoms with Crippen LogP contribution in [0.5, 0.6) is 0 Å². The number of nitrogens with zero attached hydrogens (tertiary/aromatic N) is 1. The summed E-state index contributed by atoms with van der Waals surface area (Å²) in [6.07, 6.45) is -1.54. The highest BCUT2D eigenvalue weighted by molar-refractivity contribution is 8.13. The monoisotopic (exact) mass is 641 g/mol. The Morgan fingerprint density at radius 1 is 1.36 bits per heavy atom. The lowest BCUT2D eigenvalue weighted by atomic mass is 9.88. The summed E-state index contributed by atoms with van der Waals surface area (Å²) >= 11 is 0.818. The summed E-state index contributed by atoms with van der Waals surface area (Å²) in [6.45, 7) is 9.46. The molecule has 42 heavy (non-hydrogen) atoms. The van der Waals surface area contributed by atoms with E-state index in [1.165, 1.54) is 24.9 Å². The second-order valence-electron chi connectivity index (χ2n) is 11.1. The molecule has 14 nitrogen and oxygen atoms in total. The molecule has 2 unspecified atom stereocenters. The predicted molar refractivity (Wildman–Crippen MR) is 150 cm³/mol. The fourth-order valence-corrected chi connectivity index (χ4v) is 6.31. The number of hydrogen-bond donors (Lipinski definition) is 5. The van der Waals surface area contributed by atoms with Gasteiger partial charge in [0.25, 0.3) is 5.91 Å². The molecule has 2 aliphatic rings. The van der Waals surface area contributed by atoms with Crippen LogP contribution in [-0.4, -0.2) is 105 Å². The molecule has 0 aromatic heterocycles. The average molecular weight is 642 g/mol. The molecule has 0 spiro atoms. The summed E-state index contributed by atoms with van der Waals surface area (Å²) in [6, 6.07) is -1.22. The SMILES string of the molecule is C=C1NC(=O)C=CN1[C@@H]1O[C@](CF)(COP(=O)(NC(C)C(=O)OC(C)C)OCCSC(=O)C(C)(C)CO)[C@@H](O)[C@@]1(C)O. The van der Waals surface area contributed by atoms with Crippen molar-refractivity contribution in [2.45, 2.75) is 77.2 Å². The zero-order valence-corrected chi connectivity index (χ0v) is 26.2. The van der Waals surface area contributed by atoms with Crippen LogP contribution in [0.3, 0.4) is 0 Å². The fraction of sp³-hybridized carbons (Fsp3) is 0.720. The van der Waals surface area contributed by atoms with Gasteiger partial charge in [-0.3, -0.25) is 23.4 Å². The predicted octanol–water partition coefficient (Wildman–Crippen LogP) is 0.929. The molecule has 0 aromatic rings. The molecular weight excluding hydrogens is 600 g/mol. The average Bonchev–Trinajstić information content (AvgIpc) is 3.10. The second-order valence-corrected chi connectivity index (χ2v) is 13.9. The van der Waals surface area contributed by atoms with E-state index >= 15 is 0 Å². The van der Waals surface area contributed by atoms with Crippen LogP contribution in [0.25, 0.3) is 0 Å². The Kier molecular flexibility index (Phi) is 12.3. The van der Waals surface area contributed by atoms with E-state index < -0.39 is 74.0 Å². The van der Waals surface area contributed by atoms with Crippen LogP contribution in [0.15, 0.2) is 24.7 Å². The quantitative estimate of drug-likeness (QED) is 0.0963. The molecule has 0 bridgehead atoms. The molecule has 17 heteroatoms. The smallest absolute Gasteiger partial charge is 0.406 e. The lowest BCUT2D eigenvalue weighted by Crippen LogP contribution is -2.55. The van der Waals surface area contributed by atoms with Gasteiger partial charge < -0.3 is 35.0 Å². The van der Waals surface area contributed by atoms with Gasteiger partial charge in [-0.1, -0.05) is 18.3 Å². The number of halogens is 1. The number of nitrogens with one attached hydrogen (secondary N) is 2. The second kappa shape index (κ2) is 14.3. The van der Waals surface area contributed by atoms with Gasteiger partial charge in [-0.05, 0) is 41.5 Å². The van der Waals surface area contributed by atoms with Crippen molar-refractivity contribution in [3.8, 4) is 0 Å². The number of rotatable bonds is 15. The van der Waals surface area contributed by atoms with Crippen LogP contribution in [0.1, 0.15) is 41.5 Å². The van der Waals surface area contributed by atoms with Crippen molar-refractivity contribution in [2.24, 2.45) is 5.41 Å². The fourth-order valence-electron chi connectivity index (χ4n) is 3.86.